The van der Waals surface area contributed by atoms with Gasteiger partial charge in [0.1, 0.15) is 17.4 Å². The Bertz CT molecular complexity index is 443. The van der Waals surface area contributed by atoms with Crippen molar-refractivity contribution in [2.75, 3.05) is 13.2 Å². The molecule has 0 bridgehead atoms. The van der Waals surface area contributed by atoms with Gasteiger partial charge in [0.05, 0.1) is 13.2 Å². The zero-order valence-electron chi connectivity index (χ0n) is 11.2. The Hall–Kier alpha value is -1.65. The lowest BCUT2D eigenvalue weighted by atomic mass is 10.2. The van der Waals surface area contributed by atoms with Crippen molar-refractivity contribution in [3.8, 4) is 5.75 Å². The van der Waals surface area contributed by atoms with Crippen molar-refractivity contribution < 1.29 is 22.6 Å². The van der Waals surface area contributed by atoms with Gasteiger partial charge in [0.2, 0.25) is 0 Å². The molecule has 0 unspecified atom stereocenters. The third-order valence-corrected chi connectivity index (χ3v) is 2.53. The lowest BCUT2D eigenvalue weighted by Gasteiger charge is -2.11. The minimum atomic E-state index is -0.728. The second-order valence-electron chi connectivity index (χ2n) is 4.17. The van der Waals surface area contributed by atoms with Crippen molar-refractivity contribution in [3.05, 3.63) is 40.9 Å². The van der Waals surface area contributed by atoms with Crippen LogP contribution in [0.15, 0.2) is 23.7 Å². The Labute approximate surface area is 110 Å². The average Bonchev–Trinajstić information content (AvgIpc) is 2.30. The molecule has 0 aliphatic rings. The van der Waals surface area contributed by atoms with Gasteiger partial charge in [-0.2, -0.15) is 0 Å². The molecule has 0 amide bonds. The normalized spacial score (nSPS) is 12.1. The highest BCUT2D eigenvalue weighted by molar-refractivity contribution is 5.34. The van der Waals surface area contributed by atoms with E-state index in [2.05, 4.69) is 0 Å². The van der Waals surface area contributed by atoms with Crippen LogP contribution in [-0.4, -0.2) is 13.2 Å². The van der Waals surface area contributed by atoms with Crippen molar-refractivity contribution in [1.29, 1.82) is 0 Å². The Balaban J connectivity index is 2.40. The van der Waals surface area contributed by atoms with E-state index < -0.39 is 11.6 Å². The molecule has 0 aliphatic carbocycles. The molecule has 0 N–H and O–H groups in total. The predicted molar refractivity (Wildman–Crippen MR) is 66.6 cm³/mol. The molecule has 106 valence electrons. The van der Waals surface area contributed by atoms with E-state index in [0.717, 1.165) is 6.07 Å². The summed E-state index contributed by atoms with van der Waals surface area (Å²) < 4.78 is 49.2. The largest absolute Gasteiger partial charge is 0.495 e. The van der Waals surface area contributed by atoms with Crippen molar-refractivity contribution >= 4 is 0 Å². The van der Waals surface area contributed by atoms with Gasteiger partial charge in [-0.3, -0.25) is 0 Å². The van der Waals surface area contributed by atoms with Crippen molar-refractivity contribution in [2.24, 2.45) is 0 Å². The quantitative estimate of drug-likeness (QED) is 0.569. The molecule has 0 spiro atoms. The van der Waals surface area contributed by atoms with Gasteiger partial charge in [0, 0.05) is 12.5 Å². The van der Waals surface area contributed by atoms with Crippen LogP contribution in [0.3, 0.4) is 0 Å². The van der Waals surface area contributed by atoms with E-state index in [-0.39, 0.29) is 30.5 Å². The number of allylic oxidation sites excluding steroid dienone is 2. The summed E-state index contributed by atoms with van der Waals surface area (Å²) >= 11 is 0. The van der Waals surface area contributed by atoms with E-state index >= 15 is 0 Å². The summed E-state index contributed by atoms with van der Waals surface area (Å²) in [5, 5.41) is 0. The van der Waals surface area contributed by atoms with Crippen LogP contribution in [0.1, 0.15) is 25.8 Å². The molecule has 0 radical (unpaired) electrons. The van der Waals surface area contributed by atoms with Gasteiger partial charge in [0.25, 0.3) is 0 Å². The molecule has 0 heterocycles. The summed E-state index contributed by atoms with van der Waals surface area (Å²) in [6.07, 6.45) is 0.473. The SMILES string of the molecule is CC(F)=C(C)OCCCOc1c(C)cc(F)cc1F. The summed E-state index contributed by atoms with van der Waals surface area (Å²) in [6, 6.07) is 1.98. The maximum Gasteiger partial charge on any atom is 0.168 e. The van der Waals surface area contributed by atoms with Gasteiger partial charge >= 0.3 is 0 Å². The molecule has 19 heavy (non-hydrogen) atoms. The molecule has 0 fully saturated rings. The maximum atomic E-state index is 13.4. The van der Waals surface area contributed by atoms with Crippen LogP contribution < -0.4 is 4.74 Å². The van der Waals surface area contributed by atoms with E-state index in [1.807, 2.05) is 0 Å². The van der Waals surface area contributed by atoms with Crippen LogP contribution in [0.25, 0.3) is 0 Å². The topological polar surface area (TPSA) is 18.5 Å². The van der Waals surface area contributed by atoms with Gasteiger partial charge in [-0.25, -0.2) is 13.2 Å². The first-order valence-corrected chi connectivity index (χ1v) is 5.96. The second kappa shape index (κ2) is 7.07. The summed E-state index contributed by atoms with van der Waals surface area (Å²) in [6.45, 7) is 4.89. The second-order valence-corrected chi connectivity index (χ2v) is 4.17. The molecule has 0 saturated carbocycles. The molecule has 0 aromatic heterocycles. The fourth-order valence-corrected chi connectivity index (χ4v) is 1.43. The van der Waals surface area contributed by atoms with Gasteiger partial charge in [0.15, 0.2) is 11.6 Å². The number of hydrogen-bond acceptors (Lipinski definition) is 2. The van der Waals surface area contributed by atoms with Gasteiger partial charge in [-0.1, -0.05) is 0 Å². The first kappa shape index (κ1) is 15.4. The molecule has 1 aromatic rings. The Morgan fingerprint density at radius 2 is 1.84 bits per heavy atom. The number of rotatable bonds is 6. The third kappa shape index (κ3) is 4.85. The lowest BCUT2D eigenvalue weighted by Crippen LogP contribution is -2.05. The standard InChI is InChI=1S/C14H17F3O2/c1-9-7-12(16)8-13(17)14(9)19-6-4-5-18-11(3)10(2)15/h7-8H,4-6H2,1-3H3. The van der Waals surface area contributed by atoms with E-state index in [9.17, 15) is 13.2 Å². The van der Waals surface area contributed by atoms with Crippen LogP contribution >= 0.6 is 0 Å². The Kier molecular flexibility index (Phi) is 5.73. The van der Waals surface area contributed by atoms with Crippen molar-refractivity contribution in [3.63, 3.8) is 0 Å². The fraction of sp³-hybridized carbons (Fsp3) is 0.429. The maximum absolute atomic E-state index is 13.4. The Morgan fingerprint density at radius 1 is 1.16 bits per heavy atom. The first-order chi connectivity index (χ1) is 8.91. The summed E-state index contributed by atoms with van der Waals surface area (Å²) in [5.41, 5.74) is 0.397. The zero-order chi connectivity index (χ0) is 14.4. The van der Waals surface area contributed by atoms with Crippen LogP contribution in [0, 0.1) is 18.6 Å². The van der Waals surface area contributed by atoms with E-state index in [1.165, 1.54) is 19.9 Å². The number of benzene rings is 1. The van der Waals surface area contributed by atoms with Crippen LogP contribution in [0.5, 0.6) is 5.75 Å². The minimum absolute atomic E-state index is 0.0373. The summed E-state index contributed by atoms with van der Waals surface area (Å²) in [4.78, 5) is 0. The highest BCUT2D eigenvalue weighted by atomic mass is 19.1. The smallest absolute Gasteiger partial charge is 0.168 e. The van der Waals surface area contributed by atoms with Crippen LogP contribution in [0.2, 0.25) is 0 Å². The van der Waals surface area contributed by atoms with Crippen LogP contribution in [0.4, 0.5) is 13.2 Å². The molecule has 0 atom stereocenters. The number of hydrogen-bond donors (Lipinski definition) is 0. The van der Waals surface area contributed by atoms with Crippen molar-refractivity contribution in [2.45, 2.75) is 27.2 Å². The van der Waals surface area contributed by atoms with Gasteiger partial charge in [-0.05, 0) is 32.4 Å². The van der Waals surface area contributed by atoms with E-state index in [1.54, 1.807) is 6.92 Å². The lowest BCUT2D eigenvalue weighted by molar-refractivity contribution is 0.174. The van der Waals surface area contributed by atoms with Crippen molar-refractivity contribution in [1.82, 2.24) is 0 Å². The minimum Gasteiger partial charge on any atom is -0.495 e. The molecular formula is C14H17F3O2. The average molecular weight is 274 g/mol. The highest BCUT2D eigenvalue weighted by Crippen LogP contribution is 2.23. The van der Waals surface area contributed by atoms with Gasteiger partial charge < -0.3 is 9.47 Å². The highest BCUT2D eigenvalue weighted by Gasteiger charge is 2.09. The third-order valence-electron chi connectivity index (χ3n) is 2.53. The fourth-order valence-electron chi connectivity index (χ4n) is 1.43. The number of ether oxygens (including phenoxy) is 2. The predicted octanol–water partition coefficient (Wildman–Crippen LogP) is 4.28. The molecule has 1 aromatic carbocycles. The molecular weight excluding hydrogens is 257 g/mol. The molecule has 5 heteroatoms. The zero-order valence-corrected chi connectivity index (χ0v) is 11.2. The molecule has 0 saturated heterocycles. The van der Waals surface area contributed by atoms with E-state index in [4.69, 9.17) is 9.47 Å². The van der Waals surface area contributed by atoms with Crippen LogP contribution in [-0.2, 0) is 4.74 Å². The van der Waals surface area contributed by atoms with E-state index in [0.29, 0.717) is 12.0 Å². The Morgan fingerprint density at radius 3 is 2.42 bits per heavy atom. The summed E-state index contributed by atoms with van der Waals surface area (Å²) in [7, 11) is 0. The molecule has 0 aliphatic heterocycles. The molecule has 1 rings (SSSR count). The monoisotopic (exact) mass is 274 g/mol. The summed E-state index contributed by atoms with van der Waals surface area (Å²) in [5.74, 6) is -1.47. The van der Waals surface area contributed by atoms with Gasteiger partial charge in [-0.15, -0.1) is 0 Å². The molecule has 2 nitrogen and oxygen atoms in total. The number of halogens is 3. The number of aryl methyl sites for hydroxylation is 1. The first-order valence-electron chi connectivity index (χ1n) is 5.96.